The molecule has 2 heterocycles. The van der Waals surface area contributed by atoms with E-state index in [4.69, 9.17) is 4.74 Å². The summed E-state index contributed by atoms with van der Waals surface area (Å²) in [6, 6.07) is 1.96. The fraction of sp³-hybridized carbons (Fsp3) is 0.733. The van der Waals surface area contributed by atoms with Crippen LogP contribution in [0.15, 0.2) is 12.4 Å². The Bertz CT molecular complexity index is 391. The molecule has 5 nitrogen and oxygen atoms in total. The van der Waals surface area contributed by atoms with E-state index in [1.54, 1.807) is 6.33 Å². The quantitative estimate of drug-likeness (QED) is 0.827. The lowest BCUT2D eigenvalue weighted by molar-refractivity contribution is 0.304. The third kappa shape index (κ3) is 4.34. The third-order valence-corrected chi connectivity index (χ3v) is 3.70. The van der Waals surface area contributed by atoms with Crippen molar-refractivity contribution in [2.45, 2.75) is 33.1 Å². The maximum absolute atomic E-state index is 5.57. The van der Waals surface area contributed by atoms with Gasteiger partial charge in [0.05, 0.1) is 6.61 Å². The first-order valence-corrected chi connectivity index (χ1v) is 7.74. The second-order valence-corrected chi connectivity index (χ2v) is 5.30. The predicted molar refractivity (Wildman–Crippen MR) is 81.3 cm³/mol. The molecule has 1 aromatic rings. The van der Waals surface area contributed by atoms with Crippen molar-refractivity contribution in [3.05, 3.63) is 12.4 Å². The molecule has 0 aromatic carbocycles. The minimum Gasteiger partial charge on any atom is -0.478 e. The van der Waals surface area contributed by atoms with Crippen molar-refractivity contribution < 1.29 is 4.74 Å². The van der Waals surface area contributed by atoms with Crippen LogP contribution < -0.4 is 15.0 Å². The highest BCUT2D eigenvalue weighted by atomic mass is 16.5. The van der Waals surface area contributed by atoms with Crippen molar-refractivity contribution >= 4 is 5.82 Å². The molecule has 5 heteroatoms. The highest BCUT2D eigenvalue weighted by Gasteiger charge is 2.20. The van der Waals surface area contributed by atoms with Gasteiger partial charge in [0.25, 0.3) is 0 Å². The molecule has 20 heavy (non-hydrogen) atoms. The van der Waals surface area contributed by atoms with Crippen LogP contribution in [-0.4, -0.2) is 42.8 Å². The zero-order chi connectivity index (χ0) is 14.2. The van der Waals surface area contributed by atoms with Crippen molar-refractivity contribution in [2.75, 3.05) is 37.7 Å². The van der Waals surface area contributed by atoms with Gasteiger partial charge >= 0.3 is 0 Å². The summed E-state index contributed by atoms with van der Waals surface area (Å²) in [5.74, 6) is 2.48. The van der Waals surface area contributed by atoms with E-state index in [0.29, 0.717) is 12.5 Å². The van der Waals surface area contributed by atoms with Gasteiger partial charge in [0.1, 0.15) is 12.1 Å². The Morgan fingerprint density at radius 2 is 2.10 bits per heavy atom. The molecule has 1 aliphatic rings. The van der Waals surface area contributed by atoms with Gasteiger partial charge in [-0.1, -0.05) is 13.8 Å². The van der Waals surface area contributed by atoms with Crippen LogP contribution in [0.25, 0.3) is 0 Å². The zero-order valence-electron chi connectivity index (χ0n) is 12.6. The molecular weight excluding hydrogens is 252 g/mol. The lowest BCUT2D eigenvalue weighted by atomic mass is 9.97. The largest absolute Gasteiger partial charge is 0.478 e. The minimum absolute atomic E-state index is 0.687. The maximum Gasteiger partial charge on any atom is 0.218 e. The molecule has 1 aliphatic heterocycles. The predicted octanol–water partition coefficient (Wildman–Crippen LogP) is 2.09. The van der Waals surface area contributed by atoms with Crippen LogP contribution in [0.3, 0.4) is 0 Å². The molecule has 0 atom stereocenters. The Balaban J connectivity index is 1.86. The molecular formula is C15H26N4O. The fourth-order valence-electron chi connectivity index (χ4n) is 2.50. The van der Waals surface area contributed by atoms with Crippen LogP contribution in [0.2, 0.25) is 0 Å². The number of anilines is 1. The van der Waals surface area contributed by atoms with E-state index in [2.05, 4.69) is 34.0 Å². The summed E-state index contributed by atoms with van der Waals surface area (Å²) in [7, 11) is 0. The van der Waals surface area contributed by atoms with Gasteiger partial charge < -0.3 is 15.0 Å². The first-order chi connectivity index (χ1) is 9.83. The van der Waals surface area contributed by atoms with E-state index in [-0.39, 0.29) is 0 Å². The topological polar surface area (TPSA) is 50.3 Å². The SMILES string of the molecule is CCCOc1cc(N2CCC(CNCC)CC2)ncn1. The number of nitrogens with one attached hydrogen (secondary N) is 1. The number of piperidine rings is 1. The van der Waals surface area contributed by atoms with Gasteiger partial charge in [-0.15, -0.1) is 0 Å². The molecule has 0 saturated carbocycles. The van der Waals surface area contributed by atoms with Crippen LogP contribution in [0, 0.1) is 5.92 Å². The van der Waals surface area contributed by atoms with Crippen LogP contribution in [0.4, 0.5) is 5.82 Å². The van der Waals surface area contributed by atoms with Crippen molar-refractivity contribution in [1.82, 2.24) is 15.3 Å². The van der Waals surface area contributed by atoms with Gasteiger partial charge in [-0.05, 0) is 38.3 Å². The lowest BCUT2D eigenvalue weighted by Crippen LogP contribution is -2.37. The van der Waals surface area contributed by atoms with Gasteiger partial charge in [-0.2, -0.15) is 0 Å². The average molecular weight is 278 g/mol. The van der Waals surface area contributed by atoms with Crippen LogP contribution in [0.1, 0.15) is 33.1 Å². The molecule has 0 bridgehead atoms. The van der Waals surface area contributed by atoms with E-state index in [1.165, 1.54) is 12.8 Å². The molecule has 0 aliphatic carbocycles. The summed E-state index contributed by atoms with van der Waals surface area (Å²) in [5, 5.41) is 3.44. The molecule has 1 saturated heterocycles. The van der Waals surface area contributed by atoms with Gasteiger partial charge in [-0.25, -0.2) is 9.97 Å². The normalized spacial score (nSPS) is 16.4. The van der Waals surface area contributed by atoms with Gasteiger partial charge in [0.15, 0.2) is 0 Å². The molecule has 0 radical (unpaired) electrons. The molecule has 112 valence electrons. The summed E-state index contributed by atoms with van der Waals surface area (Å²) in [4.78, 5) is 10.9. The molecule has 0 unspecified atom stereocenters. The van der Waals surface area contributed by atoms with Gasteiger partial charge in [0, 0.05) is 19.2 Å². The summed E-state index contributed by atoms with van der Waals surface area (Å²) in [6.07, 6.45) is 5.05. The highest BCUT2D eigenvalue weighted by Crippen LogP contribution is 2.23. The third-order valence-electron chi connectivity index (χ3n) is 3.70. The summed E-state index contributed by atoms with van der Waals surface area (Å²) >= 11 is 0. The minimum atomic E-state index is 0.687. The molecule has 1 N–H and O–H groups in total. The van der Waals surface area contributed by atoms with Crippen molar-refractivity contribution in [3.63, 3.8) is 0 Å². The number of aromatic nitrogens is 2. The van der Waals surface area contributed by atoms with Crippen molar-refractivity contribution in [3.8, 4) is 5.88 Å². The lowest BCUT2D eigenvalue weighted by Gasteiger charge is -2.32. The van der Waals surface area contributed by atoms with E-state index < -0.39 is 0 Å². The molecule has 1 fully saturated rings. The van der Waals surface area contributed by atoms with Gasteiger partial charge in [0.2, 0.25) is 5.88 Å². The maximum atomic E-state index is 5.57. The Morgan fingerprint density at radius 1 is 1.30 bits per heavy atom. The number of ether oxygens (including phenoxy) is 1. The fourth-order valence-corrected chi connectivity index (χ4v) is 2.50. The second-order valence-electron chi connectivity index (χ2n) is 5.30. The average Bonchev–Trinajstić information content (AvgIpc) is 2.52. The van der Waals surface area contributed by atoms with E-state index in [9.17, 15) is 0 Å². The van der Waals surface area contributed by atoms with E-state index in [0.717, 1.165) is 44.3 Å². The van der Waals surface area contributed by atoms with Crippen molar-refractivity contribution in [2.24, 2.45) is 5.92 Å². The monoisotopic (exact) mass is 278 g/mol. The van der Waals surface area contributed by atoms with E-state index in [1.807, 2.05) is 6.07 Å². The molecule has 1 aromatic heterocycles. The highest BCUT2D eigenvalue weighted by molar-refractivity contribution is 5.41. The standard InChI is InChI=1S/C15H26N4O/c1-3-9-20-15-10-14(17-12-18-15)19-7-5-13(6-8-19)11-16-4-2/h10,12-13,16H,3-9,11H2,1-2H3. The number of nitrogens with zero attached hydrogens (tertiary/aromatic N) is 3. The Kier molecular flexibility index (Phi) is 6.05. The first kappa shape index (κ1) is 15.0. The first-order valence-electron chi connectivity index (χ1n) is 7.74. The Hall–Kier alpha value is -1.36. The Labute approximate surface area is 121 Å². The molecule has 0 spiro atoms. The van der Waals surface area contributed by atoms with Crippen LogP contribution in [-0.2, 0) is 0 Å². The summed E-state index contributed by atoms with van der Waals surface area (Å²) < 4.78 is 5.57. The summed E-state index contributed by atoms with van der Waals surface area (Å²) in [6.45, 7) is 9.30. The Morgan fingerprint density at radius 3 is 2.80 bits per heavy atom. The number of rotatable bonds is 7. The smallest absolute Gasteiger partial charge is 0.218 e. The molecule has 2 rings (SSSR count). The number of hydrogen-bond acceptors (Lipinski definition) is 5. The summed E-state index contributed by atoms with van der Waals surface area (Å²) in [5.41, 5.74) is 0. The van der Waals surface area contributed by atoms with Crippen LogP contribution in [0.5, 0.6) is 5.88 Å². The van der Waals surface area contributed by atoms with Crippen LogP contribution >= 0.6 is 0 Å². The number of hydrogen-bond donors (Lipinski definition) is 1. The van der Waals surface area contributed by atoms with Crippen molar-refractivity contribution in [1.29, 1.82) is 0 Å². The second kappa shape index (κ2) is 8.04. The van der Waals surface area contributed by atoms with Gasteiger partial charge in [-0.3, -0.25) is 0 Å². The molecule has 0 amide bonds. The zero-order valence-corrected chi connectivity index (χ0v) is 12.6. The van der Waals surface area contributed by atoms with E-state index >= 15 is 0 Å².